The number of aromatic nitrogens is 3. The lowest BCUT2D eigenvalue weighted by Gasteiger charge is -2.33. The molecule has 200 valence electrons. The van der Waals surface area contributed by atoms with Crippen LogP contribution in [0.5, 0.6) is 5.75 Å². The Morgan fingerprint density at radius 3 is 2.68 bits per heavy atom. The summed E-state index contributed by atoms with van der Waals surface area (Å²) in [5.41, 5.74) is 0.928. The van der Waals surface area contributed by atoms with Crippen LogP contribution in [0.4, 0.5) is 5.95 Å². The van der Waals surface area contributed by atoms with Crippen molar-refractivity contribution in [3.63, 3.8) is 0 Å². The average molecular weight is 548 g/mol. The van der Waals surface area contributed by atoms with E-state index in [1.54, 1.807) is 10.5 Å². The SMILES string of the molecule is CS(=O)(=O)CCCOc1cccc2c1ccn2-c1ccnc(N[C@H]2CC[C@H](N3CCCS3(=O)=O)CC2)n1. The highest BCUT2D eigenvalue weighted by atomic mass is 32.2. The van der Waals surface area contributed by atoms with Gasteiger partial charge in [-0.05, 0) is 62.8 Å². The molecule has 1 aromatic carbocycles. The van der Waals surface area contributed by atoms with E-state index >= 15 is 0 Å². The molecule has 1 aliphatic carbocycles. The zero-order valence-corrected chi connectivity index (χ0v) is 22.5. The number of benzene rings is 1. The number of anilines is 1. The quantitative estimate of drug-likeness (QED) is 0.406. The molecule has 0 atom stereocenters. The van der Waals surface area contributed by atoms with Gasteiger partial charge in [-0.3, -0.25) is 0 Å². The van der Waals surface area contributed by atoms with E-state index in [0.717, 1.165) is 48.8 Å². The van der Waals surface area contributed by atoms with Gasteiger partial charge in [0, 0.05) is 42.7 Å². The molecule has 1 aliphatic heterocycles. The Kier molecular flexibility index (Phi) is 7.42. The van der Waals surface area contributed by atoms with E-state index in [2.05, 4.69) is 10.3 Å². The number of nitrogens with one attached hydrogen (secondary N) is 1. The molecule has 12 heteroatoms. The van der Waals surface area contributed by atoms with Gasteiger partial charge in [-0.1, -0.05) is 6.07 Å². The average Bonchev–Trinajstić information content (AvgIpc) is 3.45. The molecule has 3 heterocycles. The minimum Gasteiger partial charge on any atom is -0.493 e. The highest BCUT2D eigenvalue weighted by Gasteiger charge is 2.36. The van der Waals surface area contributed by atoms with Gasteiger partial charge in [-0.25, -0.2) is 21.8 Å². The third-order valence-corrected chi connectivity index (χ3v) is 10.1. The summed E-state index contributed by atoms with van der Waals surface area (Å²) < 4.78 is 56.8. The number of sulfone groups is 1. The van der Waals surface area contributed by atoms with E-state index in [1.165, 1.54) is 6.26 Å². The highest BCUT2D eigenvalue weighted by Crippen LogP contribution is 2.31. The molecule has 37 heavy (non-hydrogen) atoms. The highest BCUT2D eigenvalue weighted by molar-refractivity contribution is 7.90. The standard InChI is InChI=1S/C25H33N5O5S2/c1-36(31,32)17-4-16-35-23-6-2-5-22-21(23)12-15-29(22)24-11-13-26-25(28-24)27-19-7-9-20(10-8-19)30-14-3-18-37(30,33)34/h2,5-6,11-13,15,19-20H,3-4,7-10,14,16-18H2,1H3,(H,26,27,28)/t19-,20-. The fourth-order valence-electron chi connectivity index (χ4n) is 5.28. The van der Waals surface area contributed by atoms with Gasteiger partial charge in [0.15, 0.2) is 0 Å². The van der Waals surface area contributed by atoms with Crippen LogP contribution < -0.4 is 10.1 Å². The van der Waals surface area contributed by atoms with E-state index in [-0.39, 0.29) is 23.6 Å². The molecule has 1 N–H and O–H groups in total. The van der Waals surface area contributed by atoms with Gasteiger partial charge in [0.05, 0.1) is 23.6 Å². The monoisotopic (exact) mass is 547 g/mol. The first-order valence-electron chi connectivity index (χ1n) is 12.7. The molecular formula is C25H33N5O5S2. The van der Waals surface area contributed by atoms with E-state index in [9.17, 15) is 16.8 Å². The van der Waals surface area contributed by atoms with Crippen molar-refractivity contribution in [1.82, 2.24) is 18.8 Å². The van der Waals surface area contributed by atoms with Crippen LogP contribution in [0, 0.1) is 0 Å². The maximum atomic E-state index is 12.3. The Balaban J connectivity index is 1.24. The minimum atomic E-state index is -3.08. The summed E-state index contributed by atoms with van der Waals surface area (Å²) in [6, 6.07) is 9.89. The van der Waals surface area contributed by atoms with Gasteiger partial charge in [0.2, 0.25) is 16.0 Å². The predicted molar refractivity (Wildman–Crippen MR) is 143 cm³/mol. The molecule has 1 saturated carbocycles. The molecule has 2 aromatic heterocycles. The van der Waals surface area contributed by atoms with Crippen molar-refractivity contribution in [2.75, 3.05) is 36.2 Å². The first-order valence-corrected chi connectivity index (χ1v) is 16.4. The first kappa shape index (κ1) is 25.9. The van der Waals surface area contributed by atoms with E-state index in [4.69, 9.17) is 9.72 Å². The summed E-state index contributed by atoms with van der Waals surface area (Å²) in [6.07, 6.45) is 9.47. The fourth-order valence-corrected chi connectivity index (χ4v) is 7.72. The second kappa shape index (κ2) is 10.6. The number of hydrogen-bond acceptors (Lipinski definition) is 8. The molecule has 5 rings (SSSR count). The molecule has 2 aliphatic rings. The van der Waals surface area contributed by atoms with E-state index in [0.29, 0.717) is 31.3 Å². The predicted octanol–water partition coefficient (Wildman–Crippen LogP) is 2.99. The van der Waals surface area contributed by atoms with Crippen molar-refractivity contribution in [1.29, 1.82) is 0 Å². The van der Waals surface area contributed by atoms with Crippen LogP contribution in [-0.2, 0) is 19.9 Å². The van der Waals surface area contributed by atoms with Crippen LogP contribution in [0.25, 0.3) is 16.7 Å². The Morgan fingerprint density at radius 2 is 1.95 bits per heavy atom. The van der Waals surface area contributed by atoms with Crippen LogP contribution >= 0.6 is 0 Å². The van der Waals surface area contributed by atoms with Gasteiger partial charge in [0.25, 0.3) is 0 Å². The lowest BCUT2D eigenvalue weighted by molar-refractivity contribution is 0.257. The van der Waals surface area contributed by atoms with Gasteiger partial charge in [-0.15, -0.1) is 0 Å². The summed E-state index contributed by atoms with van der Waals surface area (Å²) in [5, 5.41) is 4.37. The topological polar surface area (TPSA) is 123 Å². The van der Waals surface area contributed by atoms with Gasteiger partial charge >= 0.3 is 0 Å². The molecule has 0 spiro atoms. The fraction of sp³-hybridized carbons (Fsp3) is 0.520. The number of hydrogen-bond donors (Lipinski definition) is 1. The smallest absolute Gasteiger partial charge is 0.224 e. The van der Waals surface area contributed by atoms with Crippen molar-refractivity contribution in [3.8, 4) is 11.6 Å². The molecule has 10 nitrogen and oxygen atoms in total. The normalized spacial score (nSPS) is 22.3. The molecule has 1 saturated heterocycles. The lowest BCUT2D eigenvalue weighted by atomic mass is 9.91. The van der Waals surface area contributed by atoms with Crippen molar-refractivity contribution in [2.24, 2.45) is 0 Å². The van der Waals surface area contributed by atoms with Crippen LogP contribution in [0.1, 0.15) is 38.5 Å². The molecule has 0 radical (unpaired) electrons. The summed E-state index contributed by atoms with van der Waals surface area (Å²) in [6.45, 7) is 0.972. The van der Waals surface area contributed by atoms with E-state index < -0.39 is 19.9 Å². The molecule has 0 amide bonds. The Hall–Kier alpha value is -2.70. The number of rotatable bonds is 9. The third-order valence-electron chi connectivity index (χ3n) is 7.07. The van der Waals surface area contributed by atoms with Crippen molar-refractivity contribution in [2.45, 2.75) is 50.6 Å². The molecule has 3 aromatic rings. The van der Waals surface area contributed by atoms with Crippen molar-refractivity contribution in [3.05, 3.63) is 42.7 Å². The van der Waals surface area contributed by atoms with E-state index in [1.807, 2.05) is 41.1 Å². The largest absolute Gasteiger partial charge is 0.493 e. The maximum absolute atomic E-state index is 12.3. The summed E-state index contributed by atoms with van der Waals surface area (Å²) in [7, 11) is -6.09. The molecular weight excluding hydrogens is 514 g/mol. The van der Waals surface area contributed by atoms with Crippen molar-refractivity contribution >= 4 is 36.7 Å². The third kappa shape index (κ3) is 6.07. The number of sulfonamides is 1. The van der Waals surface area contributed by atoms with Gasteiger partial charge in [0.1, 0.15) is 21.4 Å². The number of ether oxygens (including phenoxy) is 1. The van der Waals surface area contributed by atoms with Crippen LogP contribution in [0.15, 0.2) is 42.7 Å². The summed E-state index contributed by atoms with van der Waals surface area (Å²) in [4.78, 5) is 9.15. The molecule has 0 unspecified atom stereocenters. The maximum Gasteiger partial charge on any atom is 0.224 e. The Morgan fingerprint density at radius 1 is 1.14 bits per heavy atom. The summed E-state index contributed by atoms with van der Waals surface area (Å²) in [5.74, 6) is 2.34. The summed E-state index contributed by atoms with van der Waals surface area (Å²) >= 11 is 0. The van der Waals surface area contributed by atoms with Crippen LogP contribution in [0.2, 0.25) is 0 Å². The minimum absolute atomic E-state index is 0.0969. The number of fused-ring (bicyclic) bond motifs is 1. The lowest BCUT2D eigenvalue weighted by Crippen LogP contribution is -2.41. The van der Waals surface area contributed by atoms with Crippen LogP contribution in [0.3, 0.4) is 0 Å². The zero-order chi connectivity index (χ0) is 26.0. The van der Waals surface area contributed by atoms with Crippen LogP contribution in [-0.4, -0.2) is 78.7 Å². The first-order chi connectivity index (χ1) is 17.7. The van der Waals surface area contributed by atoms with Gasteiger partial charge in [-0.2, -0.15) is 9.29 Å². The second-order valence-corrected chi connectivity index (χ2v) is 14.2. The second-order valence-electron chi connectivity index (χ2n) is 9.88. The molecule has 0 bridgehead atoms. The number of nitrogens with zero attached hydrogens (tertiary/aromatic N) is 4. The van der Waals surface area contributed by atoms with Crippen molar-refractivity contribution < 1.29 is 21.6 Å². The Bertz CT molecular complexity index is 1460. The molecule has 2 fully saturated rings. The van der Waals surface area contributed by atoms with Gasteiger partial charge < -0.3 is 14.6 Å². The Labute approximate surface area is 218 Å². The zero-order valence-electron chi connectivity index (χ0n) is 20.9.